The number of rotatable bonds is 37. The Labute approximate surface area is 334 Å². The van der Waals surface area contributed by atoms with E-state index in [1.54, 1.807) is 0 Å². The Balaban J connectivity index is 2.81. The summed E-state index contributed by atoms with van der Waals surface area (Å²) in [6, 6.07) is 0. The third-order valence-electron chi connectivity index (χ3n) is 8.88. The maximum absolute atomic E-state index is 12.5. The van der Waals surface area contributed by atoms with Crippen molar-refractivity contribution in [3.63, 3.8) is 0 Å². The maximum Gasteiger partial charge on any atom is 0.307 e. The molecule has 1 aromatic heterocycles. The van der Waals surface area contributed by atoms with Gasteiger partial charge >= 0.3 is 23.9 Å². The topological polar surface area (TPSA) is 207 Å². The second kappa shape index (κ2) is 34.4. The summed E-state index contributed by atoms with van der Waals surface area (Å²) in [6.07, 6.45) is 12.0. The maximum atomic E-state index is 12.5. The van der Waals surface area contributed by atoms with Crippen LogP contribution in [-0.4, -0.2) is 147 Å². The van der Waals surface area contributed by atoms with Gasteiger partial charge in [-0.1, -0.05) is 52.4 Å². The van der Waals surface area contributed by atoms with Gasteiger partial charge in [-0.05, 0) is 51.6 Å². The van der Waals surface area contributed by atoms with Crippen LogP contribution in [0.2, 0.25) is 0 Å². The van der Waals surface area contributed by atoms with Crippen molar-refractivity contribution in [3.05, 3.63) is 0 Å². The first-order valence-corrected chi connectivity index (χ1v) is 20.7. The van der Waals surface area contributed by atoms with Crippen LogP contribution < -0.4 is 16.0 Å². The Morgan fingerprint density at radius 2 is 0.875 bits per heavy atom. The monoisotopic (exact) mass is 797 g/mol. The minimum absolute atomic E-state index is 0.103. The number of nitrogens with one attached hydrogen (secondary N) is 3. The molecule has 4 N–H and O–H groups in total. The zero-order chi connectivity index (χ0) is 41.1. The SMILES string of the molecule is CCCCCCOC(=O)CCN(CCCNc1nc(NCCCCO)nc(NCCCN(CCC(=O)OC)CCC(=O)OC)n1)CCC(=O)OCCCCCC. The van der Waals surface area contributed by atoms with Crippen molar-refractivity contribution in [1.82, 2.24) is 24.8 Å². The molecule has 1 heterocycles. The molecule has 0 unspecified atom stereocenters. The first-order valence-electron chi connectivity index (χ1n) is 20.7. The smallest absolute Gasteiger partial charge is 0.307 e. The van der Waals surface area contributed by atoms with Gasteiger partial charge in [0, 0.05) is 52.4 Å². The van der Waals surface area contributed by atoms with Gasteiger partial charge in [0.25, 0.3) is 0 Å². The second-order valence-electron chi connectivity index (χ2n) is 13.6. The lowest BCUT2D eigenvalue weighted by Crippen LogP contribution is -2.31. The second-order valence-corrected chi connectivity index (χ2v) is 13.6. The summed E-state index contributed by atoms with van der Waals surface area (Å²) in [7, 11) is 2.70. The number of hydrogen-bond acceptors (Lipinski definition) is 17. The van der Waals surface area contributed by atoms with Gasteiger partial charge in [0.1, 0.15) is 0 Å². The van der Waals surface area contributed by atoms with Crippen LogP contribution in [0.3, 0.4) is 0 Å². The number of esters is 4. The molecule has 56 heavy (non-hydrogen) atoms. The average molecular weight is 797 g/mol. The molecule has 0 saturated heterocycles. The molecule has 0 saturated carbocycles. The van der Waals surface area contributed by atoms with Crippen LogP contribution in [0, 0.1) is 0 Å². The van der Waals surface area contributed by atoms with E-state index in [4.69, 9.17) is 18.9 Å². The molecule has 0 aromatic carbocycles. The summed E-state index contributed by atoms with van der Waals surface area (Å²) in [5.74, 6) is 0.0587. The summed E-state index contributed by atoms with van der Waals surface area (Å²) >= 11 is 0. The Bertz CT molecular complexity index is 1150. The molecular formula is C39H72N8O9. The number of ether oxygens (including phenoxy) is 4. The van der Waals surface area contributed by atoms with Crippen molar-refractivity contribution in [2.45, 2.75) is 117 Å². The largest absolute Gasteiger partial charge is 0.469 e. The van der Waals surface area contributed by atoms with Crippen molar-refractivity contribution in [1.29, 1.82) is 0 Å². The predicted octanol–water partition coefficient (Wildman–Crippen LogP) is 4.42. The van der Waals surface area contributed by atoms with E-state index >= 15 is 0 Å². The number of methoxy groups -OCH3 is 2. The zero-order valence-corrected chi connectivity index (χ0v) is 34.7. The summed E-state index contributed by atoms with van der Waals surface area (Å²) in [6.45, 7) is 9.99. The molecule has 0 aliphatic rings. The number of carbonyl (C=O) groups is 4. The van der Waals surface area contributed by atoms with Crippen molar-refractivity contribution < 1.29 is 43.2 Å². The van der Waals surface area contributed by atoms with Gasteiger partial charge in [-0.25, -0.2) is 0 Å². The lowest BCUT2D eigenvalue weighted by atomic mass is 10.2. The minimum atomic E-state index is -0.315. The van der Waals surface area contributed by atoms with E-state index in [0.29, 0.717) is 109 Å². The molecule has 17 nitrogen and oxygen atoms in total. The number of aromatic nitrogens is 3. The van der Waals surface area contributed by atoms with Crippen LogP contribution in [0.15, 0.2) is 0 Å². The van der Waals surface area contributed by atoms with Crippen LogP contribution in [0.5, 0.6) is 0 Å². The van der Waals surface area contributed by atoms with Gasteiger partial charge in [-0.3, -0.25) is 19.2 Å². The third kappa shape index (κ3) is 27.7. The van der Waals surface area contributed by atoms with Crippen LogP contribution in [-0.2, 0) is 38.1 Å². The zero-order valence-electron chi connectivity index (χ0n) is 34.7. The Hall–Kier alpha value is -3.83. The summed E-state index contributed by atoms with van der Waals surface area (Å²) in [5.41, 5.74) is 0. The fourth-order valence-electron chi connectivity index (χ4n) is 5.50. The van der Waals surface area contributed by atoms with Crippen molar-refractivity contribution in [2.75, 3.05) is 109 Å². The number of hydrogen-bond donors (Lipinski definition) is 4. The van der Waals surface area contributed by atoms with Crippen molar-refractivity contribution in [3.8, 4) is 0 Å². The van der Waals surface area contributed by atoms with E-state index in [2.05, 4.69) is 49.6 Å². The van der Waals surface area contributed by atoms with Gasteiger partial charge in [-0.15, -0.1) is 0 Å². The molecule has 0 bridgehead atoms. The van der Waals surface area contributed by atoms with Crippen LogP contribution >= 0.6 is 0 Å². The molecule has 1 rings (SSSR count). The molecule has 0 aliphatic carbocycles. The standard InChI is InChI=1S/C39H72N8O9/c1-5-7-9-13-31-55-35(51)19-28-47(29-20-36(52)56-32-14-10-8-6-2)25-16-23-42-39-44-37(40-21-11-12-30-48)43-38(45-39)41-22-15-24-46(26-17-33(49)53-3)27-18-34(50)54-4/h48H,5-32H2,1-4H3,(H3,40,41,42,43,44,45). The lowest BCUT2D eigenvalue weighted by molar-refractivity contribution is -0.145. The molecule has 322 valence electrons. The Kier molecular flexibility index (Phi) is 30.8. The van der Waals surface area contributed by atoms with Crippen LogP contribution in [0.25, 0.3) is 0 Å². The predicted molar refractivity (Wildman–Crippen MR) is 216 cm³/mol. The normalized spacial score (nSPS) is 11.1. The van der Waals surface area contributed by atoms with Crippen LogP contribution in [0.4, 0.5) is 17.8 Å². The highest BCUT2D eigenvalue weighted by Crippen LogP contribution is 2.11. The van der Waals surface area contributed by atoms with E-state index in [0.717, 1.165) is 57.8 Å². The van der Waals surface area contributed by atoms with Gasteiger partial charge < -0.3 is 49.8 Å². The van der Waals surface area contributed by atoms with E-state index in [1.807, 2.05) is 4.90 Å². The number of aliphatic hydroxyl groups is 1. The first kappa shape index (κ1) is 50.2. The first-order chi connectivity index (χ1) is 27.2. The summed E-state index contributed by atoms with van der Waals surface area (Å²) in [5, 5.41) is 18.9. The Morgan fingerprint density at radius 3 is 1.23 bits per heavy atom. The van der Waals surface area contributed by atoms with E-state index in [-0.39, 0.29) is 56.2 Å². The number of anilines is 3. The van der Waals surface area contributed by atoms with E-state index in [9.17, 15) is 24.3 Å². The summed E-state index contributed by atoms with van der Waals surface area (Å²) in [4.78, 5) is 66.1. The molecule has 0 amide bonds. The molecule has 0 fully saturated rings. The molecule has 1 aromatic rings. The molecule has 0 atom stereocenters. The van der Waals surface area contributed by atoms with Crippen molar-refractivity contribution in [2.24, 2.45) is 0 Å². The number of aliphatic hydroxyl groups excluding tert-OH is 1. The molecule has 0 spiro atoms. The highest BCUT2D eigenvalue weighted by molar-refractivity contribution is 5.70. The van der Waals surface area contributed by atoms with Gasteiger partial charge in [0.2, 0.25) is 17.8 Å². The molecule has 0 radical (unpaired) electrons. The quantitative estimate of drug-likeness (QED) is 0.0418. The van der Waals surface area contributed by atoms with Crippen LogP contribution in [0.1, 0.15) is 117 Å². The number of nitrogens with zero attached hydrogens (tertiary/aromatic N) is 5. The minimum Gasteiger partial charge on any atom is -0.469 e. The van der Waals surface area contributed by atoms with E-state index in [1.165, 1.54) is 14.2 Å². The van der Waals surface area contributed by atoms with Crippen molar-refractivity contribution >= 4 is 41.7 Å². The van der Waals surface area contributed by atoms with Gasteiger partial charge in [0.15, 0.2) is 0 Å². The van der Waals surface area contributed by atoms with Gasteiger partial charge in [-0.2, -0.15) is 15.0 Å². The van der Waals surface area contributed by atoms with E-state index < -0.39 is 0 Å². The number of carbonyl (C=O) groups excluding carboxylic acids is 4. The molecule has 0 aliphatic heterocycles. The average Bonchev–Trinajstić information content (AvgIpc) is 3.20. The Morgan fingerprint density at radius 1 is 0.500 bits per heavy atom. The number of unbranched alkanes of at least 4 members (excludes halogenated alkanes) is 7. The fraction of sp³-hybridized carbons (Fsp3) is 0.821. The molecular weight excluding hydrogens is 724 g/mol. The summed E-state index contributed by atoms with van der Waals surface area (Å²) < 4.78 is 20.4. The third-order valence-corrected chi connectivity index (χ3v) is 8.88. The highest BCUT2D eigenvalue weighted by Gasteiger charge is 2.14. The highest BCUT2D eigenvalue weighted by atomic mass is 16.5. The molecule has 17 heteroatoms. The lowest BCUT2D eigenvalue weighted by Gasteiger charge is -2.22. The van der Waals surface area contributed by atoms with Gasteiger partial charge in [0.05, 0.1) is 53.1 Å². The fourth-order valence-corrected chi connectivity index (χ4v) is 5.50.